The SMILES string of the molecule is CC(C)CC(CO)NCC1=Cc2cc(Cl)ccc2OC1. The Bertz CT molecular complexity index is 485. The van der Waals surface area contributed by atoms with Crippen LogP contribution in [0.1, 0.15) is 25.8 Å². The van der Waals surface area contributed by atoms with Gasteiger partial charge in [0.1, 0.15) is 12.4 Å². The molecule has 2 N–H and O–H groups in total. The molecule has 0 aliphatic carbocycles. The van der Waals surface area contributed by atoms with Crippen LogP contribution in [0, 0.1) is 5.92 Å². The minimum absolute atomic E-state index is 0.136. The Kier molecular flexibility index (Phi) is 5.46. The molecule has 0 bridgehead atoms. The smallest absolute Gasteiger partial charge is 0.127 e. The van der Waals surface area contributed by atoms with Gasteiger partial charge in [0.25, 0.3) is 0 Å². The summed E-state index contributed by atoms with van der Waals surface area (Å²) < 4.78 is 5.71. The highest BCUT2D eigenvalue weighted by atomic mass is 35.5. The summed E-state index contributed by atoms with van der Waals surface area (Å²) in [5.41, 5.74) is 2.19. The second-order valence-electron chi connectivity index (χ2n) is 5.66. The van der Waals surface area contributed by atoms with E-state index in [4.69, 9.17) is 16.3 Å². The van der Waals surface area contributed by atoms with Crippen LogP contribution >= 0.6 is 11.6 Å². The summed E-state index contributed by atoms with van der Waals surface area (Å²) in [6, 6.07) is 5.78. The van der Waals surface area contributed by atoms with Crippen molar-refractivity contribution in [3.05, 3.63) is 34.4 Å². The number of hydrogen-bond donors (Lipinski definition) is 2. The van der Waals surface area contributed by atoms with E-state index in [1.54, 1.807) is 0 Å². The van der Waals surface area contributed by atoms with Gasteiger partial charge in [-0.15, -0.1) is 0 Å². The maximum absolute atomic E-state index is 9.37. The lowest BCUT2D eigenvalue weighted by atomic mass is 10.0. The highest BCUT2D eigenvalue weighted by Gasteiger charge is 2.14. The van der Waals surface area contributed by atoms with Gasteiger partial charge in [-0.2, -0.15) is 0 Å². The van der Waals surface area contributed by atoms with Gasteiger partial charge in [0.05, 0.1) is 6.61 Å². The molecule has 1 unspecified atom stereocenters. The molecule has 1 atom stereocenters. The molecule has 0 spiro atoms. The van der Waals surface area contributed by atoms with Crippen molar-refractivity contribution in [1.29, 1.82) is 0 Å². The lowest BCUT2D eigenvalue weighted by molar-refractivity contribution is 0.226. The Morgan fingerprint density at radius 2 is 2.20 bits per heavy atom. The van der Waals surface area contributed by atoms with Crippen molar-refractivity contribution in [2.24, 2.45) is 5.92 Å². The zero-order valence-electron chi connectivity index (χ0n) is 12.0. The number of halogens is 1. The fraction of sp³-hybridized carbons (Fsp3) is 0.500. The van der Waals surface area contributed by atoms with E-state index in [9.17, 15) is 5.11 Å². The van der Waals surface area contributed by atoms with Gasteiger partial charge in [0.2, 0.25) is 0 Å². The largest absolute Gasteiger partial charge is 0.489 e. The third kappa shape index (κ3) is 4.23. The first kappa shape index (κ1) is 15.4. The lowest BCUT2D eigenvalue weighted by Crippen LogP contribution is -2.36. The van der Waals surface area contributed by atoms with Crippen LogP contribution in [0.2, 0.25) is 5.02 Å². The summed E-state index contributed by atoms with van der Waals surface area (Å²) in [5, 5.41) is 13.5. The summed E-state index contributed by atoms with van der Waals surface area (Å²) in [6.45, 7) is 5.79. The van der Waals surface area contributed by atoms with Gasteiger partial charge >= 0.3 is 0 Å². The van der Waals surface area contributed by atoms with E-state index in [1.165, 1.54) is 5.57 Å². The van der Waals surface area contributed by atoms with Crippen LogP contribution in [0.5, 0.6) is 5.75 Å². The Balaban J connectivity index is 1.97. The molecular weight excluding hydrogens is 274 g/mol. The molecule has 1 heterocycles. The van der Waals surface area contributed by atoms with Gasteiger partial charge in [-0.3, -0.25) is 0 Å². The molecule has 110 valence electrons. The van der Waals surface area contributed by atoms with E-state index in [1.807, 2.05) is 18.2 Å². The maximum atomic E-state index is 9.37. The third-order valence-electron chi connectivity index (χ3n) is 3.34. The van der Waals surface area contributed by atoms with Crippen molar-refractivity contribution in [3.63, 3.8) is 0 Å². The molecule has 1 aliphatic rings. The number of ether oxygens (including phenoxy) is 1. The standard InChI is InChI=1S/C16H22ClNO2/c1-11(2)5-15(9-19)18-8-12-6-13-7-14(17)3-4-16(13)20-10-12/h3-4,6-7,11,15,18-19H,5,8-10H2,1-2H3. The topological polar surface area (TPSA) is 41.5 Å². The zero-order valence-corrected chi connectivity index (χ0v) is 12.8. The lowest BCUT2D eigenvalue weighted by Gasteiger charge is -2.22. The Morgan fingerprint density at radius 3 is 2.90 bits per heavy atom. The Morgan fingerprint density at radius 1 is 1.40 bits per heavy atom. The Hall–Kier alpha value is -1.03. The van der Waals surface area contributed by atoms with Gasteiger partial charge < -0.3 is 15.2 Å². The molecule has 1 aromatic carbocycles. The van der Waals surface area contributed by atoms with Gasteiger partial charge in [0, 0.05) is 23.2 Å². The van der Waals surface area contributed by atoms with Gasteiger partial charge in [0.15, 0.2) is 0 Å². The minimum atomic E-state index is 0.136. The van der Waals surface area contributed by atoms with Crippen LogP contribution < -0.4 is 10.1 Å². The molecule has 0 radical (unpaired) electrons. The minimum Gasteiger partial charge on any atom is -0.489 e. The highest BCUT2D eigenvalue weighted by molar-refractivity contribution is 6.30. The van der Waals surface area contributed by atoms with Gasteiger partial charge in [-0.1, -0.05) is 25.4 Å². The zero-order chi connectivity index (χ0) is 14.5. The predicted octanol–water partition coefficient (Wildman–Crippen LogP) is 3.11. The number of benzene rings is 1. The van der Waals surface area contributed by atoms with Gasteiger partial charge in [-0.25, -0.2) is 0 Å². The van der Waals surface area contributed by atoms with Crippen molar-refractivity contribution in [2.45, 2.75) is 26.3 Å². The average molecular weight is 296 g/mol. The van der Waals surface area contributed by atoms with E-state index in [-0.39, 0.29) is 12.6 Å². The second-order valence-corrected chi connectivity index (χ2v) is 6.10. The van der Waals surface area contributed by atoms with Crippen LogP contribution in [-0.2, 0) is 0 Å². The van der Waals surface area contributed by atoms with Crippen molar-refractivity contribution in [2.75, 3.05) is 19.8 Å². The van der Waals surface area contributed by atoms with Crippen molar-refractivity contribution in [1.82, 2.24) is 5.32 Å². The van der Waals surface area contributed by atoms with E-state index in [2.05, 4.69) is 25.2 Å². The van der Waals surface area contributed by atoms with Crippen molar-refractivity contribution in [3.8, 4) is 5.75 Å². The van der Waals surface area contributed by atoms with E-state index >= 15 is 0 Å². The summed E-state index contributed by atoms with van der Waals surface area (Å²) in [6.07, 6.45) is 3.08. The van der Waals surface area contributed by atoms with Gasteiger partial charge in [-0.05, 0) is 42.2 Å². The number of fused-ring (bicyclic) bond motifs is 1. The average Bonchev–Trinajstić information content (AvgIpc) is 2.42. The molecule has 4 heteroatoms. The molecule has 1 aromatic rings. The fourth-order valence-electron chi connectivity index (χ4n) is 2.36. The number of aliphatic hydroxyl groups excluding tert-OH is 1. The quantitative estimate of drug-likeness (QED) is 0.847. The van der Waals surface area contributed by atoms with Crippen LogP contribution in [0.15, 0.2) is 23.8 Å². The monoisotopic (exact) mass is 295 g/mol. The van der Waals surface area contributed by atoms with Crippen LogP contribution in [0.25, 0.3) is 6.08 Å². The molecule has 0 saturated carbocycles. The van der Waals surface area contributed by atoms with Crippen molar-refractivity contribution < 1.29 is 9.84 Å². The number of rotatable bonds is 6. The Labute approximate surface area is 125 Å². The predicted molar refractivity (Wildman–Crippen MR) is 83.3 cm³/mol. The second kappa shape index (κ2) is 7.11. The van der Waals surface area contributed by atoms with Crippen molar-refractivity contribution >= 4 is 17.7 Å². The van der Waals surface area contributed by atoms with E-state index < -0.39 is 0 Å². The number of aliphatic hydroxyl groups is 1. The molecule has 0 aromatic heterocycles. The molecule has 0 saturated heterocycles. The molecular formula is C16H22ClNO2. The third-order valence-corrected chi connectivity index (χ3v) is 3.57. The first-order valence-corrected chi connectivity index (χ1v) is 7.42. The van der Waals surface area contributed by atoms with Crippen LogP contribution in [0.3, 0.4) is 0 Å². The molecule has 0 amide bonds. The summed E-state index contributed by atoms with van der Waals surface area (Å²) in [7, 11) is 0. The molecule has 20 heavy (non-hydrogen) atoms. The summed E-state index contributed by atoms with van der Waals surface area (Å²) in [4.78, 5) is 0. The highest BCUT2D eigenvalue weighted by Crippen LogP contribution is 2.28. The normalized spacial score (nSPS) is 15.6. The summed E-state index contributed by atoms with van der Waals surface area (Å²) in [5.74, 6) is 1.44. The first-order chi connectivity index (χ1) is 9.58. The molecule has 2 rings (SSSR count). The molecule has 0 fully saturated rings. The van der Waals surface area contributed by atoms with E-state index in [0.717, 1.165) is 24.3 Å². The van der Waals surface area contributed by atoms with Crippen LogP contribution in [-0.4, -0.2) is 30.9 Å². The summed E-state index contributed by atoms with van der Waals surface area (Å²) >= 11 is 6.00. The van der Waals surface area contributed by atoms with Crippen LogP contribution in [0.4, 0.5) is 0 Å². The molecule has 1 aliphatic heterocycles. The maximum Gasteiger partial charge on any atom is 0.127 e. The fourth-order valence-corrected chi connectivity index (χ4v) is 2.55. The van der Waals surface area contributed by atoms with E-state index in [0.29, 0.717) is 17.5 Å². The number of hydrogen-bond acceptors (Lipinski definition) is 3. The molecule has 3 nitrogen and oxygen atoms in total. The first-order valence-electron chi connectivity index (χ1n) is 7.04. The number of nitrogens with one attached hydrogen (secondary N) is 1.